The van der Waals surface area contributed by atoms with Gasteiger partial charge < -0.3 is 10.1 Å². The van der Waals surface area contributed by atoms with Crippen molar-refractivity contribution in [2.75, 3.05) is 6.61 Å². The molecule has 0 aliphatic heterocycles. The third-order valence-corrected chi connectivity index (χ3v) is 3.53. The van der Waals surface area contributed by atoms with E-state index in [-0.39, 0.29) is 18.4 Å². The van der Waals surface area contributed by atoms with E-state index in [9.17, 15) is 9.59 Å². The van der Waals surface area contributed by atoms with Crippen LogP contribution in [0.25, 0.3) is 6.08 Å². The fourth-order valence-electron chi connectivity index (χ4n) is 1.95. The molecular weight excluding hydrogens is 337 g/mol. The Hall–Kier alpha value is -1.52. The minimum Gasteiger partial charge on any atom is -0.464 e. The van der Waals surface area contributed by atoms with Crippen LogP contribution in [0.3, 0.4) is 0 Å². The summed E-state index contributed by atoms with van der Waals surface area (Å²) in [4.78, 5) is 23.9. The summed E-state index contributed by atoms with van der Waals surface area (Å²) in [5.74, 6) is -0.554. The van der Waals surface area contributed by atoms with Gasteiger partial charge in [0.05, 0.1) is 6.61 Å². The fourth-order valence-corrected chi connectivity index (χ4v) is 2.42. The van der Waals surface area contributed by atoms with E-state index >= 15 is 0 Å². The molecule has 0 heterocycles. The molecule has 4 nitrogen and oxygen atoms in total. The van der Waals surface area contributed by atoms with Gasteiger partial charge in [0.15, 0.2) is 0 Å². The number of esters is 1. The number of halogens is 2. The van der Waals surface area contributed by atoms with Gasteiger partial charge in [0.1, 0.15) is 6.04 Å². The van der Waals surface area contributed by atoms with E-state index in [0.717, 1.165) is 0 Å². The van der Waals surface area contributed by atoms with Crippen LogP contribution in [-0.2, 0) is 14.3 Å². The van der Waals surface area contributed by atoms with Crippen LogP contribution in [0.2, 0.25) is 10.0 Å². The second-order valence-electron chi connectivity index (χ2n) is 5.44. The van der Waals surface area contributed by atoms with Crippen LogP contribution in [0.4, 0.5) is 0 Å². The van der Waals surface area contributed by atoms with Crippen molar-refractivity contribution in [2.24, 2.45) is 5.92 Å². The van der Waals surface area contributed by atoms with Crippen molar-refractivity contribution in [1.82, 2.24) is 5.32 Å². The van der Waals surface area contributed by atoms with Crippen LogP contribution >= 0.6 is 23.2 Å². The van der Waals surface area contributed by atoms with Gasteiger partial charge in [0, 0.05) is 16.1 Å². The Kier molecular flexibility index (Phi) is 8.13. The second-order valence-corrected chi connectivity index (χ2v) is 6.29. The zero-order valence-electron chi connectivity index (χ0n) is 13.4. The Morgan fingerprint density at radius 3 is 2.57 bits per heavy atom. The highest BCUT2D eigenvalue weighted by atomic mass is 35.5. The summed E-state index contributed by atoms with van der Waals surface area (Å²) >= 11 is 11.9. The second kappa shape index (κ2) is 9.58. The zero-order chi connectivity index (χ0) is 17.4. The van der Waals surface area contributed by atoms with Crippen molar-refractivity contribution in [3.8, 4) is 0 Å². The van der Waals surface area contributed by atoms with E-state index in [4.69, 9.17) is 27.9 Å². The third kappa shape index (κ3) is 7.06. The molecule has 6 heteroatoms. The molecule has 1 rings (SSSR count). The van der Waals surface area contributed by atoms with E-state index < -0.39 is 12.0 Å². The third-order valence-electron chi connectivity index (χ3n) is 2.97. The fraction of sp³-hybridized carbons (Fsp3) is 0.412. The van der Waals surface area contributed by atoms with Crippen LogP contribution in [-0.4, -0.2) is 24.5 Å². The van der Waals surface area contributed by atoms with Gasteiger partial charge in [-0.2, -0.15) is 0 Å². The number of benzene rings is 1. The summed E-state index contributed by atoms with van der Waals surface area (Å²) in [5, 5.41) is 3.64. The van der Waals surface area contributed by atoms with Gasteiger partial charge in [-0.3, -0.25) is 4.79 Å². The number of amides is 1. The maximum Gasteiger partial charge on any atom is 0.328 e. The molecule has 1 aromatic carbocycles. The first kappa shape index (κ1) is 19.5. The summed E-state index contributed by atoms with van der Waals surface area (Å²) in [6, 6.07) is 4.34. The van der Waals surface area contributed by atoms with Crippen molar-refractivity contribution in [1.29, 1.82) is 0 Å². The van der Waals surface area contributed by atoms with Crippen molar-refractivity contribution in [3.63, 3.8) is 0 Å². The largest absolute Gasteiger partial charge is 0.464 e. The molecule has 0 radical (unpaired) electrons. The van der Waals surface area contributed by atoms with Gasteiger partial charge in [0.2, 0.25) is 5.91 Å². The zero-order valence-corrected chi connectivity index (χ0v) is 14.9. The normalized spacial score (nSPS) is 12.4. The molecule has 0 unspecified atom stereocenters. The Bertz CT molecular complexity index is 585. The average Bonchev–Trinajstić information content (AvgIpc) is 2.45. The van der Waals surface area contributed by atoms with E-state index in [1.165, 1.54) is 6.08 Å². The van der Waals surface area contributed by atoms with Crippen LogP contribution in [0, 0.1) is 5.92 Å². The number of hydrogen-bond donors (Lipinski definition) is 1. The van der Waals surface area contributed by atoms with E-state index in [0.29, 0.717) is 22.0 Å². The van der Waals surface area contributed by atoms with Crippen LogP contribution in [0.15, 0.2) is 24.3 Å². The molecule has 0 aliphatic rings. The molecule has 0 aliphatic carbocycles. The summed E-state index contributed by atoms with van der Waals surface area (Å²) in [6.45, 7) is 5.96. The van der Waals surface area contributed by atoms with Gasteiger partial charge >= 0.3 is 5.97 Å². The molecule has 23 heavy (non-hydrogen) atoms. The van der Waals surface area contributed by atoms with Crippen molar-refractivity contribution >= 4 is 41.2 Å². The topological polar surface area (TPSA) is 55.4 Å². The maximum atomic E-state index is 12.0. The molecule has 1 atom stereocenters. The lowest BCUT2D eigenvalue weighted by Crippen LogP contribution is -2.42. The molecule has 1 amide bonds. The summed E-state index contributed by atoms with van der Waals surface area (Å²) in [7, 11) is 0. The number of carbonyl (C=O) groups excluding carboxylic acids is 2. The first-order valence-corrected chi connectivity index (χ1v) is 8.19. The Morgan fingerprint density at radius 1 is 1.30 bits per heavy atom. The molecule has 0 aromatic heterocycles. The maximum absolute atomic E-state index is 12.0. The number of carbonyl (C=O) groups is 2. The molecule has 0 saturated carbocycles. The molecule has 126 valence electrons. The van der Waals surface area contributed by atoms with Crippen molar-refractivity contribution in [3.05, 3.63) is 39.9 Å². The van der Waals surface area contributed by atoms with Crippen molar-refractivity contribution < 1.29 is 14.3 Å². The number of hydrogen-bond acceptors (Lipinski definition) is 3. The summed E-state index contributed by atoms with van der Waals surface area (Å²) in [6.07, 6.45) is 3.42. The van der Waals surface area contributed by atoms with Crippen LogP contribution in [0.1, 0.15) is 32.8 Å². The quantitative estimate of drug-likeness (QED) is 0.590. The first-order chi connectivity index (χ1) is 10.8. The van der Waals surface area contributed by atoms with Crippen LogP contribution in [0.5, 0.6) is 0 Å². The predicted octanol–water partition coefficient (Wildman–Crippen LogP) is 4.10. The standard InChI is InChI=1S/C17H21Cl2NO3/c1-4-23-17(22)15(9-11(2)3)20-16(21)8-6-12-5-7-13(18)10-14(12)19/h5-8,10-11,15H,4,9H2,1-3H3,(H,20,21)/b8-6+/t15-/m0/s1. The lowest BCUT2D eigenvalue weighted by Gasteiger charge is -2.18. The molecule has 0 saturated heterocycles. The van der Waals surface area contributed by atoms with Crippen LogP contribution < -0.4 is 5.32 Å². The predicted molar refractivity (Wildman–Crippen MR) is 93.5 cm³/mol. The van der Waals surface area contributed by atoms with E-state index in [2.05, 4.69) is 5.32 Å². The molecule has 0 spiro atoms. The molecule has 1 N–H and O–H groups in total. The number of nitrogens with one attached hydrogen (secondary N) is 1. The monoisotopic (exact) mass is 357 g/mol. The van der Waals surface area contributed by atoms with Gasteiger partial charge in [-0.15, -0.1) is 0 Å². The highest BCUT2D eigenvalue weighted by Gasteiger charge is 2.22. The van der Waals surface area contributed by atoms with Gasteiger partial charge in [0.25, 0.3) is 0 Å². The van der Waals surface area contributed by atoms with Gasteiger partial charge in [-0.25, -0.2) is 4.79 Å². The van der Waals surface area contributed by atoms with E-state index in [1.807, 2.05) is 13.8 Å². The minimum atomic E-state index is -0.659. The highest BCUT2D eigenvalue weighted by molar-refractivity contribution is 6.35. The smallest absolute Gasteiger partial charge is 0.328 e. The molecular formula is C17H21Cl2NO3. The summed E-state index contributed by atoms with van der Waals surface area (Å²) < 4.78 is 4.99. The Labute approximate surface area is 146 Å². The van der Waals surface area contributed by atoms with Gasteiger partial charge in [-0.1, -0.05) is 43.1 Å². The Morgan fingerprint density at radius 2 is 2.00 bits per heavy atom. The average molecular weight is 358 g/mol. The molecule has 1 aromatic rings. The first-order valence-electron chi connectivity index (χ1n) is 7.43. The lowest BCUT2D eigenvalue weighted by atomic mass is 10.0. The SMILES string of the molecule is CCOC(=O)[C@H](CC(C)C)NC(=O)/C=C/c1ccc(Cl)cc1Cl. The summed E-state index contributed by atoms with van der Waals surface area (Å²) in [5.41, 5.74) is 0.669. The van der Waals surface area contributed by atoms with E-state index in [1.54, 1.807) is 31.2 Å². The lowest BCUT2D eigenvalue weighted by molar-refractivity contribution is -0.147. The Balaban J connectivity index is 2.74. The minimum absolute atomic E-state index is 0.249. The van der Waals surface area contributed by atoms with Crippen molar-refractivity contribution in [2.45, 2.75) is 33.2 Å². The number of ether oxygens (including phenoxy) is 1. The highest BCUT2D eigenvalue weighted by Crippen LogP contribution is 2.21. The molecule has 0 fully saturated rings. The molecule has 0 bridgehead atoms. The van der Waals surface area contributed by atoms with Gasteiger partial charge in [-0.05, 0) is 43.0 Å². The number of rotatable bonds is 7.